The molecule has 0 aliphatic heterocycles. The molecule has 0 heterocycles. The van der Waals surface area contributed by atoms with Crippen molar-refractivity contribution in [1.29, 1.82) is 0 Å². The van der Waals surface area contributed by atoms with E-state index in [4.69, 9.17) is 9.47 Å². The van der Waals surface area contributed by atoms with E-state index in [9.17, 15) is 8.78 Å². The summed E-state index contributed by atoms with van der Waals surface area (Å²) in [4.78, 5) is 0. The van der Waals surface area contributed by atoms with Crippen LogP contribution in [0.2, 0.25) is 0 Å². The minimum atomic E-state index is -0.914. The number of ether oxygens (including phenoxy) is 2. The maximum Gasteiger partial charge on any atom is 0.162 e. The van der Waals surface area contributed by atoms with Crippen molar-refractivity contribution in [1.82, 2.24) is 0 Å². The highest BCUT2D eigenvalue weighted by Crippen LogP contribution is 2.18. The van der Waals surface area contributed by atoms with Gasteiger partial charge in [-0.05, 0) is 43.7 Å². The van der Waals surface area contributed by atoms with Crippen molar-refractivity contribution in [3.63, 3.8) is 0 Å². The molecule has 0 fully saturated rings. The predicted octanol–water partition coefficient (Wildman–Crippen LogP) is 4.33. The molecule has 2 aromatic carbocycles. The van der Waals surface area contributed by atoms with E-state index >= 15 is 0 Å². The molecule has 0 radical (unpaired) electrons. The molecule has 4 heteroatoms. The van der Waals surface area contributed by atoms with Crippen LogP contribution in [0.25, 0.3) is 0 Å². The quantitative estimate of drug-likeness (QED) is 0.810. The largest absolute Gasteiger partial charge is 0.491 e. The lowest BCUT2D eigenvalue weighted by atomic mass is 10.2. The Labute approximate surface area is 117 Å². The van der Waals surface area contributed by atoms with E-state index in [0.717, 1.165) is 23.4 Å². The van der Waals surface area contributed by atoms with Crippen LogP contribution in [0, 0.1) is 11.6 Å². The lowest BCUT2D eigenvalue weighted by Crippen LogP contribution is -2.05. The van der Waals surface area contributed by atoms with Crippen LogP contribution in [-0.4, -0.2) is 6.10 Å². The van der Waals surface area contributed by atoms with Gasteiger partial charge in [-0.15, -0.1) is 0 Å². The first kappa shape index (κ1) is 14.3. The summed E-state index contributed by atoms with van der Waals surface area (Å²) in [6.45, 7) is 4.20. The monoisotopic (exact) mass is 278 g/mol. The summed E-state index contributed by atoms with van der Waals surface area (Å²) in [5, 5.41) is 0. The lowest BCUT2D eigenvalue weighted by Gasteiger charge is -2.10. The van der Waals surface area contributed by atoms with Crippen LogP contribution < -0.4 is 9.47 Å². The van der Waals surface area contributed by atoms with Gasteiger partial charge in [-0.1, -0.05) is 12.1 Å². The zero-order valence-corrected chi connectivity index (χ0v) is 11.4. The summed E-state index contributed by atoms with van der Waals surface area (Å²) < 4.78 is 36.7. The Morgan fingerprint density at radius 3 is 2.15 bits per heavy atom. The molecule has 106 valence electrons. The van der Waals surface area contributed by atoms with Crippen molar-refractivity contribution < 1.29 is 18.3 Å². The van der Waals surface area contributed by atoms with Gasteiger partial charge in [0.15, 0.2) is 11.6 Å². The molecule has 0 aliphatic rings. The van der Waals surface area contributed by atoms with Crippen molar-refractivity contribution in [3.8, 4) is 11.5 Å². The third-order valence-corrected chi connectivity index (χ3v) is 2.59. The molecule has 0 spiro atoms. The first-order valence-corrected chi connectivity index (χ1v) is 6.38. The summed E-state index contributed by atoms with van der Waals surface area (Å²) in [6.07, 6.45) is 0.124. The summed E-state index contributed by atoms with van der Waals surface area (Å²) in [6, 6.07) is 10.9. The van der Waals surface area contributed by atoms with Crippen molar-refractivity contribution in [2.45, 2.75) is 26.6 Å². The fraction of sp³-hybridized carbons (Fsp3) is 0.250. The van der Waals surface area contributed by atoms with E-state index in [1.807, 2.05) is 38.1 Å². The second-order valence-corrected chi connectivity index (χ2v) is 4.68. The van der Waals surface area contributed by atoms with Crippen molar-refractivity contribution in [3.05, 3.63) is 59.7 Å². The minimum absolute atomic E-state index is 0.124. The number of halogens is 2. The van der Waals surface area contributed by atoms with Gasteiger partial charge >= 0.3 is 0 Å². The molecule has 2 rings (SSSR count). The molecule has 0 aliphatic carbocycles. The molecule has 0 saturated heterocycles. The third kappa shape index (κ3) is 3.95. The van der Waals surface area contributed by atoms with E-state index in [0.29, 0.717) is 5.75 Å². The van der Waals surface area contributed by atoms with Gasteiger partial charge in [-0.25, -0.2) is 8.78 Å². The Bertz CT molecular complexity index is 565. The van der Waals surface area contributed by atoms with E-state index < -0.39 is 11.6 Å². The Hall–Kier alpha value is -2.10. The Kier molecular flexibility index (Phi) is 4.56. The smallest absolute Gasteiger partial charge is 0.162 e. The molecule has 0 amide bonds. The summed E-state index contributed by atoms with van der Waals surface area (Å²) in [7, 11) is 0. The summed E-state index contributed by atoms with van der Waals surface area (Å²) in [5.41, 5.74) is 0.922. The third-order valence-electron chi connectivity index (χ3n) is 2.59. The first-order valence-electron chi connectivity index (χ1n) is 6.38. The number of benzene rings is 2. The number of hydrogen-bond acceptors (Lipinski definition) is 2. The van der Waals surface area contributed by atoms with Crippen LogP contribution in [0.5, 0.6) is 11.5 Å². The van der Waals surface area contributed by atoms with E-state index in [2.05, 4.69) is 0 Å². The highest BCUT2D eigenvalue weighted by molar-refractivity contribution is 5.28. The molecule has 0 atom stereocenters. The van der Waals surface area contributed by atoms with Gasteiger partial charge in [0.05, 0.1) is 6.10 Å². The predicted molar refractivity (Wildman–Crippen MR) is 72.9 cm³/mol. The Balaban J connectivity index is 1.95. The number of rotatable bonds is 5. The lowest BCUT2D eigenvalue weighted by molar-refractivity contribution is 0.242. The van der Waals surface area contributed by atoms with Crippen LogP contribution in [-0.2, 0) is 6.61 Å². The average molecular weight is 278 g/mol. The SMILES string of the molecule is CC(C)Oc1ccc(COc2ccc(F)c(F)c2)cc1. The second-order valence-electron chi connectivity index (χ2n) is 4.68. The number of hydrogen-bond donors (Lipinski definition) is 0. The van der Waals surface area contributed by atoms with E-state index in [1.165, 1.54) is 6.07 Å². The molecule has 0 saturated carbocycles. The fourth-order valence-corrected chi connectivity index (χ4v) is 1.67. The highest BCUT2D eigenvalue weighted by Gasteiger charge is 2.04. The molecule has 0 aromatic heterocycles. The zero-order chi connectivity index (χ0) is 14.5. The van der Waals surface area contributed by atoms with Gasteiger partial charge in [0.1, 0.15) is 18.1 Å². The molecular formula is C16H16F2O2. The average Bonchev–Trinajstić information content (AvgIpc) is 2.41. The normalized spacial score (nSPS) is 10.7. The van der Waals surface area contributed by atoms with Gasteiger partial charge in [-0.2, -0.15) is 0 Å². The maximum atomic E-state index is 13.0. The summed E-state index contributed by atoms with van der Waals surface area (Å²) in [5.74, 6) is -0.710. The molecule has 0 N–H and O–H groups in total. The first-order chi connectivity index (χ1) is 9.54. The van der Waals surface area contributed by atoms with Gasteiger partial charge < -0.3 is 9.47 Å². The van der Waals surface area contributed by atoms with Crippen LogP contribution >= 0.6 is 0 Å². The van der Waals surface area contributed by atoms with E-state index in [-0.39, 0.29) is 12.7 Å². The zero-order valence-electron chi connectivity index (χ0n) is 11.4. The van der Waals surface area contributed by atoms with Gasteiger partial charge in [-0.3, -0.25) is 0 Å². The highest BCUT2D eigenvalue weighted by atomic mass is 19.2. The van der Waals surface area contributed by atoms with E-state index in [1.54, 1.807) is 0 Å². The van der Waals surface area contributed by atoms with Crippen molar-refractivity contribution >= 4 is 0 Å². The van der Waals surface area contributed by atoms with Crippen LogP contribution in [0.4, 0.5) is 8.78 Å². The van der Waals surface area contributed by atoms with Crippen molar-refractivity contribution in [2.24, 2.45) is 0 Å². The standard InChI is InChI=1S/C16H16F2O2/c1-11(2)20-13-5-3-12(4-6-13)10-19-14-7-8-15(17)16(18)9-14/h3-9,11H,10H2,1-2H3. The minimum Gasteiger partial charge on any atom is -0.491 e. The molecule has 2 aromatic rings. The van der Waals surface area contributed by atoms with Gasteiger partial charge in [0.2, 0.25) is 0 Å². The fourth-order valence-electron chi connectivity index (χ4n) is 1.67. The van der Waals surface area contributed by atoms with Crippen molar-refractivity contribution in [2.75, 3.05) is 0 Å². The molecular weight excluding hydrogens is 262 g/mol. The van der Waals surface area contributed by atoms with Crippen LogP contribution in [0.3, 0.4) is 0 Å². The second kappa shape index (κ2) is 6.37. The topological polar surface area (TPSA) is 18.5 Å². The summed E-state index contributed by atoms with van der Waals surface area (Å²) >= 11 is 0. The van der Waals surface area contributed by atoms with Crippen LogP contribution in [0.1, 0.15) is 19.4 Å². The molecule has 20 heavy (non-hydrogen) atoms. The maximum absolute atomic E-state index is 13.0. The van der Waals surface area contributed by atoms with Gasteiger partial charge in [0, 0.05) is 6.07 Å². The Morgan fingerprint density at radius 1 is 0.900 bits per heavy atom. The molecule has 0 unspecified atom stereocenters. The molecule has 2 nitrogen and oxygen atoms in total. The Morgan fingerprint density at radius 2 is 1.55 bits per heavy atom. The molecule has 0 bridgehead atoms. The van der Waals surface area contributed by atoms with Gasteiger partial charge in [0.25, 0.3) is 0 Å². The van der Waals surface area contributed by atoms with Crippen LogP contribution in [0.15, 0.2) is 42.5 Å².